The summed E-state index contributed by atoms with van der Waals surface area (Å²) in [7, 11) is 0. The minimum Gasteiger partial charge on any atom is -0.336 e. The average molecular weight is 407 g/mol. The predicted molar refractivity (Wildman–Crippen MR) is 108 cm³/mol. The fraction of sp³-hybridized carbons (Fsp3) is 0.444. The van der Waals surface area contributed by atoms with Crippen LogP contribution in [0.3, 0.4) is 0 Å². The molecule has 0 aliphatic carbocycles. The zero-order valence-corrected chi connectivity index (χ0v) is 17.4. The van der Waals surface area contributed by atoms with Crippen molar-refractivity contribution in [3.63, 3.8) is 0 Å². The van der Waals surface area contributed by atoms with Gasteiger partial charge in [0.15, 0.2) is 5.82 Å². The minimum atomic E-state index is -0.246. The largest absolute Gasteiger partial charge is 0.336 e. The number of nitrogens with two attached hydrogens (primary N) is 1. The maximum absolute atomic E-state index is 12.8. The molecule has 0 bridgehead atoms. The number of hydrogen-bond donors (Lipinski definition) is 1. The van der Waals surface area contributed by atoms with Crippen molar-refractivity contribution in [1.29, 1.82) is 5.26 Å². The van der Waals surface area contributed by atoms with E-state index in [1.54, 1.807) is 17.0 Å². The summed E-state index contributed by atoms with van der Waals surface area (Å²) in [6.07, 6.45) is 0.235. The molecule has 1 aromatic heterocycles. The van der Waals surface area contributed by atoms with Crippen LogP contribution >= 0.6 is 23.4 Å². The summed E-state index contributed by atoms with van der Waals surface area (Å²) in [6.45, 7) is 8.16. The van der Waals surface area contributed by atoms with Crippen molar-refractivity contribution in [2.75, 3.05) is 23.0 Å². The first kappa shape index (κ1) is 21.1. The zero-order valence-electron chi connectivity index (χ0n) is 15.9. The van der Waals surface area contributed by atoms with Crippen molar-refractivity contribution in [1.82, 2.24) is 14.9 Å². The lowest BCUT2D eigenvalue weighted by atomic mass is 9.96. The number of aryl methyl sites for hydroxylation is 1. The molecule has 2 rings (SSSR count). The summed E-state index contributed by atoms with van der Waals surface area (Å²) in [6, 6.07) is 7.44. The number of rotatable bonds is 6. The summed E-state index contributed by atoms with van der Waals surface area (Å²) in [5.74, 6) is 6.70. The SMILES string of the molecule is Cc1cc(N(CCC#N)C(=O)CSc2nnc(C(C)(C)C)n2N)ccc1Cl. The van der Waals surface area contributed by atoms with Gasteiger partial charge in [-0.2, -0.15) is 5.26 Å². The molecule has 0 radical (unpaired) electrons. The van der Waals surface area contributed by atoms with Gasteiger partial charge in [0.2, 0.25) is 11.1 Å². The van der Waals surface area contributed by atoms with E-state index >= 15 is 0 Å². The first-order valence-electron chi connectivity index (χ1n) is 8.42. The normalized spacial score (nSPS) is 11.3. The number of benzene rings is 1. The van der Waals surface area contributed by atoms with E-state index in [4.69, 9.17) is 22.7 Å². The fourth-order valence-electron chi connectivity index (χ4n) is 2.45. The van der Waals surface area contributed by atoms with Gasteiger partial charge < -0.3 is 10.7 Å². The molecule has 2 aromatic rings. The molecule has 27 heavy (non-hydrogen) atoms. The number of hydrogen-bond acceptors (Lipinski definition) is 6. The number of carbonyl (C=O) groups excluding carboxylic acids is 1. The molecule has 1 amide bonds. The molecule has 0 aliphatic rings. The topological polar surface area (TPSA) is 101 Å². The monoisotopic (exact) mass is 406 g/mol. The van der Waals surface area contributed by atoms with Gasteiger partial charge in [-0.25, -0.2) is 4.68 Å². The van der Waals surface area contributed by atoms with Gasteiger partial charge in [-0.3, -0.25) is 4.79 Å². The van der Waals surface area contributed by atoms with Gasteiger partial charge in [0, 0.05) is 22.7 Å². The molecule has 0 spiro atoms. The number of nitriles is 1. The van der Waals surface area contributed by atoms with E-state index in [0.717, 1.165) is 5.56 Å². The average Bonchev–Trinajstić information content (AvgIpc) is 2.97. The van der Waals surface area contributed by atoms with E-state index in [0.29, 0.717) is 28.2 Å². The molecule has 0 aliphatic heterocycles. The highest BCUT2D eigenvalue weighted by molar-refractivity contribution is 7.99. The second-order valence-electron chi connectivity index (χ2n) is 7.10. The Bertz CT molecular complexity index is 868. The van der Waals surface area contributed by atoms with Crippen LogP contribution in [0.2, 0.25) is 5.02 Å². The second kappa shape index (κ2) is 8.63. The molecule has 1 heterocycles. The Balaban J connectivity index is 2.16. The number of nitrogen functional groups attached to an aromatic ring is 1. The molecule has 0 fully saturated rings. The van der Waals surface area contributed by atoms with Crippen LogP contribution in [0.4, 0.5) is 5.69 Å². The summed E-state index contributed by atoms with van der Waals surface area (Å²) in [5.41, 5.74) is 1.33. The van der Waals surface area contributed by atoms with E-state index < -0.39 is 0 Å². The third-order valence-corrected chi connectivity index (χ3v) is 5.21. The Kier molecular flexibility index (Phi) is 6.73. The van der Waals surface area contributed by atoms with Crippen LogP contribution in [0.5, 0.6) is 0 Å². The third kappa shape index (κ3) is 5.15. The Morgan fingerprint density at radius 2 is 2.11 bits per heavy atom. The zero-order chi connectivity index (χ0) is 20.2. The third-order valence-electron chi connectivity index (χ3n) is 3.86. The molecule has 2 N–H and O–H groups in total. The van der Waals surface area contributed by atoms with Crippen LogP contribution in [-0.4, -0.2) is 33.1 Å². The number of amides is 1. The van der Waals surface area contributed by atoms with Gasteiger partial charge in [0.05, 0.1) is 18.2 Å². The first-order valence-corrected chi connectivity index (χ1v) is 9.78. The quantitative estimate of drug-likeness (QED) is 0.583. The molecule has 0 saturated carbocycles. The number of thioether (sulfide) groups is 1. The van der Waals surface area contributed by atoms with E-state index in [9.17, 15) is 4.79 Å². The molecule has 144 valence electrons. The highest BCUT2D eigenvalue weighted by Gasteiger charge is 2.24. The summed E-state index contributed by atoms with van der Waals surface area (Å²) in [5, 5.41) is 18.2. The van der Waals surface area contributed by atoms with Crippen molar-refractivity contribution in [3.05, 3.63) is 34.6 Å². The highest BCUT2D eigenvalue weighted by Crippen LogP contribution is 2.26. The number of aromatic nitrogens is 3. The predicted octanol–water partition coefficient (Wildman–Crippen LogP) is 3.29. The van der Waals surface area contributed by atoms with Crippen molar-refractivity contribution in [2.45, 2.75) is 44.7 Å². The lowest BCUT2D eigenvalue weighted by Gasteiger charge is -2.22. The van der Waals surface area contributed by atoms with Crippen LogP contribution in [-0.2, 0) is 10.2 Å². The van der Waals surface area contributed by atoms with Crippen LogP contribution in [0.1, 0.15) is 38.6 Å². The molecule has 0 unspecified atom stereocenters. The van der Waals surface area contributed by atoms with Crippen LogP contribution in [0.15, 0.2) is 23.4 Å². The van der Waals surface area contributed by atoms with Crippen LogP contribution in [0.25, 0.3) is 0 Å². The number of halogens is 1. The standard InChI is InChI=1S/C18H23ClN6OS/c1-12-10-13(6-7-14(12)19)24(9-5-8-20)15(26)11-27-17-23-22-16(25(17)21)18(2,3)4/h6-7,10H,5,9,11,21H2,1-4H3. The van der Waals surface area contributed by atoms with Gasteiger partial charge in [-0.15, -0.1) is 10.2 Å². The van der Waals surface area contributed by atoms with Gasteiger partial charge >= 0.3 is 0 Å². The van der Waals surface area contributed by atoms with Gasteiger partial charge in [0.25, 0.3) is 0 Å². The van der Waals surface area contributed by atoms with Crippen LogP contribution < -0.4 is 10.7 Å². The van der Waals surface area contributed by atoms with E-state index in [-0.39, 0.29) is 23.5 Å². The molecular formula is C18H23ClN6OS. The van der Waals surface area contributed by atoms with Gasteiger partial charge in [-0.05, 0) is 30.7 Å². The van der Waals surface area contributed by atoms with Crippen molar-refractivity contribution in [2.24, 2.45) is 0 Å². The summed E-state index contributed by atoms with van der Waals surface area (Å²) >= 11 is 7.30. The van der Waals surface area contributed by atoms with Gasteiger partial charge in [-0.1, -0.05) is 44.1 Å². The highest BCUT2D eigenvalue weighted by atomic mass is 35.5. The smallest absolute Gasteiger partial charge is 0.237 e. The number of carbonyl (C=O) groups is 1. The Hall–Kier alpha value is -2.24. The lowest BCUT2D eigenvalue weighted by Crippen LogP contribution is -2.33. The lowest BCUT2D eigenvalue weighted by molar-refractivity contribution is -0.116. The number of nitrogens with zero attached hydrogens (tertiary/aromatic N) is 5. The fourth-order valence-corrected chi connectivity index (χ4v) is 3.30. The molecule has 9 heteroatoms. The first-order chi connectivity index (χ1) is 12.6. The van der Waals surface area contributed by atoms with Crippen molar-refractivity contribution in [3.8, 4) is 6.07 Å². The van der Waals surface area contributed by atoms with E-state index in [1.807, 2.05) is 33.8 Å². The Morgan fingerprint density at radius 1 is 1.41 bits per heavy atom. The minimum absolute atomic E-state index is 0.132. The van der Waals surface area contributed by atoms with E-state index in [1.165, 1.54) is 16.4 Å². The molecule has 0 atom stereocenters. The molecular weight excluding hydrogens is 384 g/mol. The van der Waals surface area contributed by atoms with E-state index in [2.05, 4.69) is 16.3 Å². The van der Waals surface area contributed by atoms with Crippen LogP contribution in [0, 0.1) is 18.3 Å². The van der Waals surface area contributed by atoms with Gasteiger partial charge in [0.1, 0.15) is 0 Å². The molecule has 1 aromatic carbocycles. The van der Waals surface area contributed by atoms with Crippen molar-refractivity contribution < 1.29 is 4.79 Å². The summed E-state index contributed by atoms with van der Waals surface area (Å²) < 4.78 is 1.42. The molecule has 7 nitrogen and oxygen atoms in total. The maximum Gasteiger partial charge on any atom is 0.237 e. The molecule has 0 saturated heterocycles. The maximum atomic E-state index is 12.8. The second-order valence-corrected chi connectivity index (χ2v) is 8.45. The Labute approximate surface area is 168 Å². The Morgan fingerprint density at radius 3 is 2.67 bits per heavy atom. The number of anilines is 1. The summed E-state index contributed by atoms with van der Waals surface area (Å²) in [4.78, 5) is 14.4. The van der Waals surface area contributed by atoms with Crippen molar-refractivity contribution >= 4 is 35.0 Å².